The number of hydrogen-bond acceptors (Lipinski definition) is 3. The smallest absolute Gasteiger partial charge is 0.0534 e. The fraction of sp³-hybridized carbons (Fsp3) is 0.812. The summed E-state index contributed by atoms with van der Waals surface area (Å²) in [5.74, 6) is 0.749. The van der Waals surface area contributed by atoms with Gasteiger partial charge in [0.2, 0.25) is 0 Å². The van der Waals surface area contributed by atoms with Crippen LogP contribution in [0.2, 0.25) is 0 Å². The van der Waals surface area contributed by atoms with Gasteiger partial charge in [-0.2, -0.15) is 5.10 Å². The van der Waals surface area contributed by atoms with Gasteiger partial charge in [-0.15, -0.1) is 0 Å². The molecule has 1 aliphatic heterocycles. The van der Waals surface area contributed by atoms with E-state index in [9.17, 15) is 0 Å². The molecule has 0 amide bonds. The van der Waals surface area contributed by atoms with Gasteiger partial charge in [-0.25, -0.2) is 0 Å². The molecule has 0 aromatic carbocycles. The van der Waals surface area contributed by atoms with E-state index in [2.05, 4.69) is 56.1 Å². The molecule has 1 saturated heterocycles. The number of piperazine rings is 1. The Morgan fingerprint density at radius 3 is 2.80 bits per heavy atom. The van der Waals surface area contributed by atoms with Crippen LogP contribution >= 0.6 is 0 Å². The highest BCUT2D eigenvalue weighted by atomic mass is 15.3. The molecule has 1 atom stereocenters. The van der Waals surface area contributed by atoms with Crippen molar-refractivity contribution in [3.05, 3.63) is 18.0 Å². The molecule has 1 aromatic rings. The molecule has 0 bridgehead atoms. The predicted molar refractivity (Wildman–Crippen MR) is 83.6 cm³/mol. The normalized spacial score (nSPS) is 23.4. The van der Waals surface area contributed by atoms with E-state index < -0.39 is 0 Å². The van der Waals surface area contributed by atoms with Crippen molar-refractivity contribution in [2.24, 2.45) is 5.92 Å². The molecular formula is C16H30N4. The highest BCUT2D eigenvalue weighted by molar-refractivity contribution is 5.06. The first-order chi connectivity index (χ1) is 9.40. The Kier molecular flexibility index (Phi) is 4.86. The summed E-state index contributed by atoms with van der Waals surface area (Å²) in [6.45, 7) is 15.5. The Morgan fingerprint density at radius 1 is 1.45 bits per heavy atom. The molecule has 1 fully saturated rings. The molecule has 0 aliphatic carbocycles. The fourth-order valence-corrected chi connectivity index (χ4v) is 2.97. The third kappa shape index (κ3) is 3.83. The van der Waals surface area contributed by atoms with Gasteiger partial charge in [0.05, 0.1) is 6.20 Å². The fourth-order valence-electron chi connectivity index (χ4n) is 2.97. The minimum atomic E-state index is 0.210. The molecule has 2 rings (SSSR count). The van der Waals surface area contributed by atoms with Gasteiger partial charge in [-0.1, -0.05) is 13.8 Å². The first-order valence-electron chi connectivity index (χ1n) is 7.90. The Bertz CT molecular complexity index is 422. The molecule has 1 N–H and O–H groups in total. The second-order valence-electron chi connectivity index (χ2n) is 7.10. The quantitative estimate of drug-likeness (QED) is 0.898. The first kappa shape index (κ1) is 15.5. The van der Waals surface area contributed by atoms with Crippen LogP contribution in [0.1, 0.15) is 46.6 Å². The van der Waals surface area contributed by atoms with Gasteiger partial charge in [0.15, 0.2) is 0 Å². The number of rotatable bonds is 5. The van der Waals surface area contributed by atoms with E-state index >= 15 is 0 Å². The van der Waals surface area contributed by atoms with E-state index in [4.69, 9.17) is 0 Å². The lowest BCUT2D eigenvalue weighted by Gasteiger charge is -2.46. The van der Waals surface area contributed by atoms with Crippen molar-refractivity contribution in [1.29, 1.82) is 0 Å². The van der Waals surface area contributed by atoms with E-state index in [1.54, 1.807) is 0 Å². The number of nitrogens with zero attached hydrogens (tertiary/aromatic N) is 3. The molecule has 114 valence electrons. The van der Waals surface area contributed by atoms with Gasteiger partial charge in [0.1, 0.15) is 0 Å². The topological polar surface area (TPSA) is 33.1 Å². The number of hydrogen-bond donors (Lipinski definition) is 1. The average Bonchev–Trinajstić information content (AvgIpc) is 2.81. The largest absolute Gasteiger partial charge is 0.311 e. The summed E-state index contributed by atoms with van der Waals surface area (Å²) < 4.78 is 2.01. The van der Waals surface area contributed by atoms with Crippen LogP contribution in [0.4, 0.5) is 0 Å². The summed E-state index contributed by atoms with van der Waals surface area (Å²) >= 11 is 0. The minimum Gasteiger partial charge on any atom is -0.311 e. The van der Waals surface area contributed by atoms with Crippen LogP contribution in [0, 0.1) is 5.92 Å². The van der Waals surface area contributed by atoms with Crippen LogP contribution in [-0.2, 0) is 13.1 Å². The molecule has 0 radical (unpaired) electrons. The molecule has 20 heavy (non-hydrogen) atoms. The van der Waals surface area contributed by atoms with Gasteiger partial charge in [0, 0.05) is 49.5 Å². The first-order valence-corrected chi connectivity index (χ1v) is 7.90. The summed E-state index contributed by atoms with van der Waals surface area (Å²) in [6.07, 6.45) is 5.44. The van der Waals surface area contributed by atoms with Gasteiger partial charge in [-0.3, -0.25) is 9.58 Å². The van der Waals surface area contributed by atoms with E-state index in [-0.39, 0.29) is 5.54 Å². The lowest BCUT2D eigenvalue weighted by atomic mass is 9.93. The minimum absolute atomic E-state index is 0.210. The number of aryl methyl sites for hydroxylation is 1. The van der Waals surface area contributed by atoms with Crippen LogP contribution in [0.15, 0.2) is 12.4 Å². The molecule has 4 heteroatoms. The third-order valence-corrected chi connectivity index (χ3v) is 4.26. The lowest BCUT2D eigenvalue weighted by molar-refractivity contribution is 0.0535. The van der Waals surface area contributed by atoms with Gasteiger partial charge in [0.25, 0.3) is 0 Å². The maximum Gasteiger partial charge on any atom is 0.0534 e. The van der Waals surface area contributed by atoms with E-state index in [1.807, 2.05) is 10.9 Å². The van der Waals surface area contributed by atoms with Gasteiger partial charge in [-0.05, 0) is 33.1 Å². The Labute approximate surface area is 123 Å². The molecule has 4 nitrogen and oxygen atoms in total. The summed E-state index contributed by atoms with van der Waals surface area (Å²) in [6, 6.07) is 0.615. The van der Waals surface area contributed by atoms with E-state index in [0.29, 0.717) is 6.04 Å². The number of aromatic nitrogens is 2. The molecule has 0 saturated carbocycles. The second kappa shape index (κ2) is 6.27. The summed E-state index contributed by atoms with van der Waals surface area (Å²) in [5.41, 5.74) is 1.53. The van der Waals surface area contributed by atoms with Crippen molar-refractivity contribution in [3.63, 3.8) is 0 Å². The van der Waals surface area contributed by atoms with Crippen LogP contribution in [-0.4, -0.2) is 39.4 Å². The monoisotopic (exact) mass is 278 g/mol. The Morgan fingerprint density at radius 2 is 2.20 bits per heavy atom. The third-order valence-electron chi connectivity index (χ3n) is 4.26. The highest BCUT2D eigenvalue weighted by Crippen LogP contribution is 2.23. The maximum atomic E-state index is 4.39. The van der Waals surface area contributed by atoms with Crippen molar-refractivity contribution in [2.45, 2.75) is 65.7 Å². The SMILES string of the molecule is CCn1cc(CN2CC(CC(C)C)NCC2(C)C)cn1. The highest BCUT2D eigenvalue weighted by Gasteiger charge is 2.34. The Balaban J connectivity index is 2.01. The van der Waals surface area contributed by atoms with Crippen molar-refractivity contribution < 1.29 is 0 Å². The zero-order chi connectivity index (χ0) is 14.8. The lowest BCUT2D eigenvalue weighted by Crippen LogP contribution is -2.61. The number of nitrogens with one attached hydrogen (secondary N) is 1. The predicted octanol–water partition coefficient (Wildman–Crippen LogP) is 2.50. The maximum absolute atomic E-state index is 4.39. The molecule has 0 spiro atoms. The van der Waals surface area contributed by atoms with E-state index in [1.165, 1.54) is 12.0 Å². The summed E-state index contributed by atoms with van der Waals surface area (Å²) in [4.78, 5) is 2.60. The standard InChI is InChI=1S/C16H30N4/c1-6-20-10-14(8-18-20)9-19-11-15(7-13(2)3)17-12-16(19,4)5/h8,10,13,15,17H,6-7,9,11-12H2,1-5H3. The van der Waals surface area contributed by atoms with Crippen molar-refractivity contribution in [3.8, 4) is 0 Å². The zero-order valence-corrected chi connectivity index (χ0v) is 13.7. The van der Waals surface area contributed by atoms with Crippen LogP contribution in [0.25, 0.3) is 0 Å². The van der Waals surface area contributed by atoms with Crippen LogP contribution in [0.5, 0.6) is 0 Å². The molecular weight excluding hydrogens is 248 g/mol. The second-order valence-corrected chi connectivity index (χ2v) is 7.10. The van der Waals surface area contributed by atoms with Crippen molar-refractivity contribution >= 4 is 0 Å². The summed E-state index contributed by atoms with van der Waals surface area (Å²) in [7, 11) is 0. The van der Waals surface area contributed by atoms with Crippen LogP contribution in [0.3, 0.4) is 0 Å². The van der Waals surface area contributed by atoms with Crippen LogP contribution < -0.4 is 5.32 Å². The van der Waals surface area contributed by atoms with Gasteiger partial charge >= 0.3 is 0 Å². The molecule has 1 aliphatic rings. The van der Waals surface area contributed by atoms with E-state index in [0.717, 1.165) is 32.1 Å². The van der Waals surface area contributed by atoms with Crippen molar-refractivity contribution in [1.82, 2.24) is 20.0 Å². The molecule has 2 heterocycles. The van der Waals surface area contributed by atoms with Crippen molar-refractivity contribution in [2.75, 3.05) is 13.1 Å². The Hall–Kier alpha value is -0.870. The zero-order valence-electron chi connectivity index (χ0n) is 13.7. The molecule has 1 aromatic heterocycles. The van der Waals surface area contributed by atoms with Gasteiger partial charge < -0.3 is 5.32 Å². The average molecular weight is 278 g/mol. The summed E-state index contributed by atoms with van der Waals surface area (Å²) in [5, 5.41) is 8.10. The molecule has 1 unspecified atom stereocenters.